The number of piperidine rings is 1. The van der Waals surface area contributed by atoms with Gasteiger partial charge in [0.1, 0.15) is 0 Å². The normalized spacial score (nSPS) is 18.0. The Bertz CT molecular complexity index is 759. The summed E-state index contributed by atoms with van der Waals surface area (Å²) in [5.74, 6) is 0.528. The average molecular weight is 340 g/mol. The van der Waals surface area contributed by atoms with Crippen molar-refractivity contribution in [2.24, 2.45) is 0 Å². The van der Waals surface area contributed by atoms with Crippen LogP contribution in [0.5, 0.6) is 0 Å². The van der Waals surface area contributed by atoms with Crippen LogP contribution in [0.25, 0.3) is 5.69 Å². The zero-order valence-electron chi connectivity index (χ0n) is 15.6. The number of carbonyl (C=O) groups is 1. The van der Waals surface area contributed by atoms with E-state index in [0.29, 0.717) is 12.5 Å². The van der Waals surface area contributed by atoms with Crippen LogP contribution in [0.3, 0.4) is 0 Å². The average Bonchev–Trinajstić information content (AvgIpc) is 2.89. The number of nitrogens with zero attached hydrogens (tertiary/aromatic N) is 2. The number of hydrogen-bond donors (Lipinski definition) is 1. The lowest BCUT2D eigenvalue weighted by atomic mass is 10.0. The van der Waals surface area contributed by atoms with Crippen LogP contribution in [0.15, 0.2) is 30.3 Å². The van der Waals surface area contributed by atoms with Gasteiger partial charge in [-0.05, 0) is 56.4 Å². The minimum Gasteiger partial charge on any atom is -0.391 e. The molecule has 1 fully saturated rings. The number of aliphatic hydroxyl groups is 1. The number of aliphatic hydroxyl groups excluding tert-OH is 1. The van der Waals surface area contributed by atoms with E-state index in [1.165, 1.54) is 5.56 Å². The van der Waals surface area contributed by atoms with Crippen molar-refractivity contribution < 1.29 is 9.90 Å². The van der Waals surface area contributed by atoms with E-state index in [1.807, 2.05) is 19.9 Å². The summed E-state index contributed by atoms with van der Waals surface area (Å²) >= 11 is 0. The van der Waals surface area contributed by atoms with Gasteiger partial charge in [-0.3, -0.25) is 4.79 Å². The molecule has 0 spiro atoms. The fourth-order valence-corrected chi connectivity index (χ4v) is 3.69. The van der Waals surface area contributed by atoms with E-state index in [1.54, 1.807) is 4.90 Å². The summed E-state index contributed by atoms with van der Waals surface area (Å²) in [6.07, 6.45) is 1.25. The van der Waals surface area contributed by atoms with Gasteiger partial charge in [0.15, 0.2) is 0 Å². The van der Waals surface area contributed by atoms with Crippen molar-refractivity contribution in [1.82, 2.24) is 9.47 Å². The third kappa shape index (κ3) is 3.49. The van der Waals surface area contributed by atoms with E-state index in [9.17, 15) is 9.90 Å². The summed E-state index contributed by atoms with van der Waals surface area (Å²) in [5, 5.41) is 9.85. The van der Waals surface area contributed by atoms with Gasteiger partial charge in [0.2, 0.25) is 0 Å². The Morgan fingerprint density at radius 3 is 2.48 bits per heavy atom. The van der Waals surface area contributed by atoms with E-state index in [-0.39, 0.29) is 5.91 Å². The highest BCUT2D eigenvalue weighted by molar-refractivity contribution is 5.96. The molecule has 134 valence electrons. The summed E-state index contributed by atoms with van der Waals surface area (Å²) in [5.41, 5.74) is 5.14. The molecule has 1 amide bonds. The monoisotopic (exact) mass is 340 g/mol. The van der Waals surface area contributed by atoms with Gasteiger partial charge in [-0.15, -0.1) is 0 Å². The first-order valence-electron chi connectivity index (χ1n) is 9.15. The highest BCUT2D eigenvalue weighted by Crippen LogP contribution is 2.25. The lowest BCUT2D eigenvalue weighted by Gasteiger charge is -2.30. The first kappa shape index (κ1) is 17.7. The minimum absolute atomic E-state index is 0.0249. The predicted molar refractivity (Wildman–Crippen MR) is 100 cm³/mol. The topological polar surface area (TPSA) is 45.5 Å². The number of hydrogen-bond acceptors (Lipinski definition) is 2. The summed E-state index contributed by atoms with van der Waals surface area (Å²) < 4.78 is 2.14. The van der Waals surface area contributed by atoms with Crippen molar-refractivity contribution in [3.8, 4) is 5.69 Å². The molecular weight excluding hydrogens is 312 g/mol. The first-order chi connectivity index (χ1) is 11.9. The molecule has 0 bridgehead atoms. The van der Waals surface area contributed by atoms with Crippen molar-refractivity contribution >= 4 is 5.91 Å². The molecule has 2 heterocycles. The molecule has 1 N–H and O–H groups in total. The Kier molecular flexibility index (Phi) is 5.00. The zero-order chi connectivity index (χ0) is 18.1. The van der Waals surface area contributed by atoms with Crippen LogP contribution >= 0.6 is 0 Å². The maximum Gasteiger partial charge on any atom is 0.255 e. The van der Waals surface area contributed by atoms with E-state index in [2.05, 4.69) is 42.7 Å². The molecule has 4 nitrogen and oxygen atoms in total. The van der Waals surface area contributed by atoms with Crippen LogP contribution in [-0.2, 0) is 0 Å². The number of likely N-dealkylation sites (tertiary alicyclic amines) is 1. The number of aromatic nitrogens is 1. The third-order valence-electron chi connectivity index (χ3n) is 5.16. The molecule has 1 aliphatic heterocycles. The fourth-order valence-electron chi connectivity index (χ4n) is 3.69. The number of β-amino-alcohol motifs (C(OH)–C–C–N with tert-alkyl or cyclic N) is 1. The number of rotatable bonds is 3. The van der Waals surface area contributed by atoms with Gasteiger partial charge in [0.25, 0.3) is 5.91 Å². The van der Waals surface area contributed by atoms with Crippen LogP contribution < -0.4 is 0 Å². The SMILES string of the molecule is Cc1cc(C(=O)N2CCCC(O)C2)c(C)n1-c1ccc(C(C)C)cc1. The van der Waals surface area contributed by atoms with E-state index >= 15 is 0 Å². The maximum atomic E-state index is 12.9. The molecule has 2 aromatic rings. The van der Waals surface area contributed by atoms with E-state index in [0.717, 1.165) is 42.0 Å². The van der Waals surface area contributed by atoms with Gasteiger partial charge in [-0.1, -0.05) is 26.0 Å². The molecule has 3 rings (SSSR count). The number of aryl methyl sites for hydroxylation is 1. The molecule has 1 aliphatic rings. The molecule has 1 aromatic heterocycles. The molecule has 1 atom stereocenters. The smallest absolute Gasteiger partial charge is 0.255 e. The van der Waals surface area contributed by atoms with Crippen LogP contribution in [0.1, 0.15) is 59.9 Å². The number of carbonyl (C=O) groups excluding carboxylic acids is 1. The summed E-state index contributed by atoms with van der Waals surface area (Å²) in [6, 6.07) is 10.5. The largest absolute Gasteiger partial charge is 0.391 e. The van der Waals surface area contributed by atoms with Crippen molar-refractivity contribution in [1.29, 1.82) is 0 Å². The quantitative estimate of drug-likeness (QED) is 0.923. The Balaban J connectivity index is 1.91. The van der Waals surface area contributed by atoms with Crippen molar-refractivity contribution in [3.05, 3.63) is 52.8 Å². The first-order valence-corrected chi connectivity index (χ1v) is 9.15. The molecule has 0 aliphatic carbocycles. The van der Waals surface area contributed by atoms with Crippen molar-refractivity contribution in [2.75, 3.05) is 13.1 Å². The second kappa shape index (κ2) is 7.04. The van der Waals surface area contributed by atoms with Crippen molar-refractivity contribution in [3.63, 3.8) is 0 Å². The van der Waals surface area contributed by atoms with Crippen LogP contribution in [0.2, 0.25) is 0 Å². The number of amides is 1. The summed E-state index contributed by atoms with van der Waals surface area (Å²) in [7, 11) is 0. The fraction of sp³-hybridized carbons (Fsp3) is 0.476. The highest BCUT2D eigenvalue weighted by atomic mass is 16.3. The van der Waals surface area contributed by atoms with Gasteiger partial charge in [0, 0.05) is 30.2 Å². The Labute approximate surface area is 150 Å². The molecule has 0 radical (unpaired) electrons. The van der Waals surface area contributed by atoms with Crippen LogP contribution in [-0.4, -0.2) is 39.7 Å². The van der Waals surface area contributed by atoms with Gasteiger partial charge in [-0.25, -0.2) is 0 Å². The second-order valence-corrected chi connectivity index (χ2v) is 7.41. The lowest BCUT2D eigenvalue weighted by molar-refractivity contribution is 0.0473. The van der Waals surface area contributed by atoms with E-state index in [4.69, 9.17) is 0 Å². The maximum absolute atomic E-state index is 12.9. The molecule has 1 unspecified atom stereocenters. The van der Waals surface area contributed by atoms with Gasteiger partial charge >= 0.3 is 0 Å². The van der Waals surface area contributed by atoms with Gasteiger partial charge in [0.05, 0.1) is 11.7 Å². The summed E-state index contributed by atoms with van der Waals surface area (Å²) in [6.45, 7) is 9.56. The van der Waals surface area contributed by atoms with Gasteiger partial charge in [-0.2, -0.15) is 0 Å². The highest BCUT2D eigenvalue weighted by Gasteiger charge is 2.26. The molecule has 0 saturated carbocycles. The Hall–Kier alpha value is -2.07. The molecule has 1 aromatic carbocycles. The van der Waals surface area contributed by atoms with E-state index < -0.39 is 6.10 Å². The second-order valence-electron chi connectivity index (χ2n) is 7.41. The Morgan fingerprint density at radius 1 is 1.20 bits per heavy atom. The summed E-state index contributed by atoms with van der Waals surface area (Å²) in [4.78, 5) is 14.7. The van der Waals surface area contributed by atoms with Crippen LogP contribution in [0.4, 0.5) is 0 Å². The number of benzene rings is 1. The zero-order valence-corrected chi connectivity index (χ0v) is 15.6. The predicted octanol–water partition coefficient (Wildman–Crippen LogP) is 3.81. The van der Waals surface area contributed by atoms with Crippen LogP contribution in [0, 0.1) is 13.8 Å². The third-order valence-corrected chi connectivity index (χ3v) is 5.16. The molecule has 25 heavy (non-hydrogen) atoms. The molecule has 1 saturated heterocycles. The molecular formula is C21H28N2O2. The molecule has 4 heteroatoms. The minimum atomic E-state index is -0.398. The van der Waals surface area contributed by atoms with Crippen molar-refractivity contribution in [2.45, 2.75) is 52.6 Å². The lowest BCUT2D eigenvalue weighted by Crippen LogP contribution is -2.42. The Morgan fingerprint density at radius 2 is 1.88 bits per heavy atom. The van der Waals surface area contributed by atoms with Gasteiger partial charge < -0.3 is 14.6 Å². The standard InChI is InChI=1S/C21H28N2O2/c1-14(2)17-7-9-18(10-8-17)23-15(3)12-20(16(23)4)21(25)22-11-5-6-19(24)13-22/h7-10,12,14,19,24H,5-6,11,13H2,1-4H3.